The third-order valence-corrected chi connectivity index (χ3v) is 4.24. The Labute approximate surface area is 141 Å². The van der Waals surface area contributed by atoms with Gasteiger partial charge in [0, 0.05) is 26.1 Å². The quantitative estimate of drug-likeness (QED) is 0.369. The van der Waals surface area contributed by atoms with Gasteiger partial charge in [-0.15, -0.1) is 0 Å². The SMILES string of the molecule is CC/C=C(/NCCOC)NC(=NCCCC)C1C(C)CC1C#N. The molecule has 0 heterocycles. The molecule has 1 saturated carbocycles. The van der Waals surface area contributed by atoms with Crippen LogP contribution >= 0.6 is 0 Å². The summed E-state index contributed by atoms with van der Waals surface area (Å²) in [5.41, 5.74) is 0. The minimum absolute atomic E-state index is 0.0831. The highest BCUT2D eigenvalue weighted by molar-refractivity contribution is 5.87. The number of nitriles is 1. The molecule has 0 bridgehead atoms. The third kappa shape index (κ3) is 6.23. The minimum Gasteiger partial charge on any atom is -0.383 e. The molecular formula is C18H32N4O. The van der Waals surface area contributed by atoms with Crippen molar-refractivity contribution in [3.63, 3.8) is 0 Å². The molecule has 1 fully saturated rings. The van der Waals surface area contributed by atoms with E-state index in [2.05, 4.69) is 43.6 Å². The number of hydrogen-bond donors (Lipinski definition) is 2. The molecule has 0 aliphatic heterocycles. The average molecular weight is 320 g/mol. The number of amidine groups is 1. The maximum Gasteiger partial charge on any atom is 0.106 e. The Kier molecular flexibility index (Phi) is 9.39. The molecule has 0 aromatic rings. The molecule has 3 atom stereocenters. The zero-order valence-corrected chi connectivity index (χ0v) is 15.1. The van der Waals surface area contributed by atoms with Crippen LogP contribution < -0.4 is 10.6 Å². The molecule has 0 saturated heterocycles. The molecule has 3 unspecified atom stereocenters. The van der Waals surface area contributed by atoms with E-state index in [1.807, 2.05) is 0 Å². The second-order valence-electron chi connectivity index (χ2n) is 6.17. The lowest BCUT2D eigenvalue weighted by molar-refractivity contribution is 0.194. The summed E-state index contributed by atoms with van der Waals surface area (Å²) in [7, 11) is 1.70. The molecule has 0 aromatic carbocycles. The molecule has 5 heteroatoms. The molecule has 2 N–H and O–H groups in total. The fourth-order valence-electron chi connectivity index (χ4n) is 2.87. The van der Waals surface area contributed by atoms with E-state index < -0.39 is 0 Å². The van der Waals surface area contributed by atoms with Gasteiger partial charge in [0.15, 0.2) is 0 Å². The summed E-state index contributed by atoms with van der Waals surface area (Å²) in [5.74, 6) is 2.75. The molecule has 0 amide bonds. The molecule has 130 valence electrons. The van der Waals surface area contributed by atoms with Crippen molar-refractivity contribution in [2.24, 2.45) is 22.7 Å². The maximum atomic E-state index is 9.33. The molecular weight excluding hydrogens is 288 g/mol. The van der Waals surface area contributed by atoms with Crippen molar-refractivity contribution in [3.8, 4) is 6.07 Å². The number of nitrogens with one attached hydrogen (secondary N) is 2. The van der Waals surface area contributed by atoms with Gasteiger partial charge in [0.05, 0.1) is 24.4 Å². The van der Waals surface area contributed by atoms with Gasteiger partial charge in [-0.2, -0.15) is 5.26 Å². The number of nitrogens with zero attached hydrogens (tertiary/aromatic N) is 2. The van der Waals surface area contributed by atoms with E-state index in [-0.39, 0.29) is 11.8 Å². The highest BCUT2D eigenvalue weighted by Crippen LogP contribution is 2.40. The Morgan fingerprint density at radius 2 is 2.22 bits per heavy atom. The van der Waals surface area contributed by atoms with Crippen molar-refractivity contribution >= 4 is 5.84 Å². The lowest BCUT2D eigenvalue weighted by Crippen LogP contribution is -2.47. The Bertz CT molecular complexity index is 439. The van der Waals surface area contributed by atoms with Crippen molar-refractivity contribution < 1.29 is 4.74 Å². The standard InChI is InChI=1S/C18H32N4O/c1-5-7-9-21-18(17-14(3)12-15(17)13-19)22-16(8-6-2)20-10-11-23-4/h8,14-15,17,20H,5-7,9-12H2,1-4H3,(H,21,22)/b16-8-. The predicted octanol–water partition coefficient (Wildman–Crippen LogP) is 3.06. The fourth-order valence-corrected chi connectivity index (χ4v) is 2.87. The van der Waals surface area contributed by atoms with Crippen LogP contribution in [0.5, 0.6) is 0 Å². The number of aliphatic imine (C=N–C) groups is 1. The first-order valence-corrected chi connectivity index (χ1v) is 8.81. The van der Waals surface area contributed by atoms with Gasteiger partial charge in [0.25, 0.3) is 0 Å². The van der Waals surface area contributed by atoms with Crippen LogP contribution in [0.15, 0.2) is 16.9 Å². The van der Waals surface area contributed by atoms with E-state index in [1.165, 1.54) is 0 Å². The van der Waals surface area contributed by atoms with Crippen LogP contribution in [0.2, 0.25) is 0 Å². The average Bonchev–Trinajstić information content (AvgIpc) is 2.52. The number of ether oxygens (including phenoxy) is 1. The van der Waals surface area contributed by atoms with Crippen molar-refractivity contribution in [1.29, 1.82) is 5.26 Å². The highest BCUT2D eigenvalue weighted by atomic mass is 16.5. The van der Waals surface area contributed by atoms with Crippen LogP contribution in [0.1, 0.15) is 46.5 Å². The fraction of sp³-hybridized carbons (Fsp3) is 0.778. The third-order valence-electron chi connectivity index (χ3n) is 4.24. The van der Waals surface area contributed by atoms with Gasteiger partial charge in [0.2, 0.25) is 0 Å². The van der Waals surface area contributed by atoms with E-state index in [4.69, 9.17) is 9.73 Å². The molecule has 1 aliphatic carbocycles. The van der Waals surface area contributed by atoms with E-state index >= 15 is 0 Å². The Morgan fingerprint density at radius 3 is 2.78 bits per heavy atom. The molecule has 23 heavy (non-hydrogen) atoms. The van der Waals surface area contributed by atoms with Crippen LogP contribution in [0.3, 0.4) is 0 Å². The Balaban J connectivity index is 2.79. The molecule has 5 nitrogen and oxygen atoms in total. The predicted molar refractivity (Wildman–Crippen MR) is 95.0 cm³/mol. The first kappa shape index (κ1) is 19.5. The zero-order valence-electron chi connectivity index (χ0n) is 15.1. The van der Waals surface area contributed by atoms with Gasteiger partial charge in [-0.25, -0.2) is 0 Å². The Hall–Kier alpha value is -1.54. The van der Waals surface area contributed by atoms with Gasteiger partial charge in [-0.05, 0) is 31.3 Å². The van der Waals surface area contributed by atoms with Gasteiger partial charge in [-0.1, -0.05) is 27.2 Å². The molecule has 1 aliphatic rings. The van der Waals surface area contributed by atoms with E-state index in [0.29, 0.717) is 12.5 Å². The summed E-state index contributed by atoms with van der Waals surface area (Å²) < 4.78 is 5.10. The van der Waals surface area contributed by atoms with Crippen molar-refractivity contribution in [2.75, 3.05) is 26.8 Å². The zero-order chi connectivity index (χ0) is 17.1. The van der Waals surface area contributed by atoms with Crippen LogP contribution in [0.4, 0.5) is 0 Å². The van der Waals surface area contributed by atoms with Crippen LogP contribution in [-0.4, -0.2) is 32.6 Å². The summed E-state index contributed by atoms with van der Waals surface area (Å²) in [6, 6.07) is 2.43. The van der Waals surface area contributed by atoms with Gasteiger partial charge >= 0.3 is 0 Å². The van der Waals surface area contributed by atoms with Gasteiger partial charge in [0.1, 0.15) is 5.84 Å². The smallest absolute Gasteiger partial charge is 0.106 e. The number of unbranched alkanes of at least 4 members (excludes halogenated alkanes) is 1. The Morgan fingerprint density at radius 1 is 1.43 bits per heavy atom. The van der Waals surface area contributed by atoms with Crippen molar-refractivity contribution in [2.45, 2.75) is 46.5 Å². The van der Waals surface area contributed by atoms with Crippen molar-refractivity contribution in [3.05, 3.63) is 11.9 Å². The summed E-state index contributed by atoms with van der Waals surface area (Å²) in [4.78, 5) is 4.78. The number of hydrogen-bond acceptors (Lipinski definition) is 4. The largest absolute Gasteiger partial charge is 0.383 e. The van der Waals surface area contributed by atoms with Gasteiger partial charge < -0.3 is 15.4 Å². The number of methoxy groups -OCH3 is 1. The van der Waals surface area contributed by atoms with E-state index in [9.17, 15) is 5.26 Å². The summed E-state index contributed by atoms with van der Waals surface area (Å²) >= 11 is 0. The molecule has 1 rings (SSSR count). The minimum atomic E-state index is 0.0831. The van der Waals surface area contributed by atoms with Crippen LogP contribution in [-0.2, 0) is 4.74 Å². The van der Waals surface area contributed by atoms with Crippen molar-refractivity contribution in [1.82, 2.24) is 10.6 Å². The van der Waals surface area contributed by atoms with Gasteiger partial charge in [-0.3, -0.25) is 4.99 Å². The summed E-state index contributed by atoms with van der Waals surface area (Å²) in [6.45, 7) is 8.71. The topological polar surface area (TPSA) is 69.4 Å². The lowest BCUT2D eigenvalue weighted by Gasteiger charge is -2.40. The monoisotopic (exact) mass is 320 g/mol. The first-order valence-electron chi connectivity index (χ1n) is 8.81. The molecule has 0 aromatic heterocycles. The normalized spacial score (nSPS) is 24.7. The number of rotatable bonds is 10. The van der Waals surface area contributed by atoms with E-state index in [0.717, 1.165) is 50.4 Å². The number of allylic oxidation sites excluding steroid dienone is 1. The maximum absolute atomic E-state index is 9.33. The summed E-state index contributed by atoms with van der Waals surface area (Å²) in [5, 5.41) is 16.1. The first-order chi connectivity index (χ1) is 11.2. The summed E-state index contributed by atoms with van der Waals surface area (Å²) in [6.07, 6.45) is 6.23. The second-order valence-corrected chi connectivity index (χ2v) is 6.17. The van der Waals surface area contributed by atoms with Crippen LogP contribution in [0.25, 0.3) is 0 Å². The lowest BCUT2D eigenvalue weighted by atomic mass is 9.65. The second kappa shape index (κ2) is 11.1. The highest BCUT2D eigenvalue weighted by Gasteiger charge is 2.41. The van der Waals surface area contributed by atoms with Crippen LogP contribution in [0, 0.1) is 29.1 Å². The molecule has 0 radical (unpaired) electrons. The van der Waals surface area contributed by atoms with E-state index in [1.54, 1.807) is 7.11 Å². The molecule has 0 spiro atoms.